The van der Waals surface area contributed by atoms with Crippen molar-refractivity contribution in [3.63, 3.8) is 0 Å². The number of benzene rings is 1. The van der Waals surface area contributed by atoms with Crippen LogP contribution in [-0.4, -0.2) is 59.5 Å². The summed E-state index contributed by atoms with van der Waals surface area (Å²) in [6.07, 6.45) is 0. The van der Waals surface area contributed by atoms with Crippen LogP contribution in [0.2, 0.25) is 5.02 Å². The zero-order valence-corrected chi connectivity index (χ0v) is 15.7. The molecule has 0 radical (unpaired) electrons. The summed E-state index contributed by atoms with van der Waals surface area (Å²) in [5, 5.41) is 4.11. The summed E-state index contributed by atoms with van der Waals surface area (Å²) in [4.78, 5) is 30.0. The Labute approximate surface area is 155 Å². The molecule has 1 aromatic heterocycles. The number of H-pyrrole nitrogens is 1. The molecule has 2 N–H and O–H groups in total. The van der Waals surface area contributed by atoms with E-state index in [0.717, 1.165) is 24.6 Å². The van der Waals surface area contributed by atoms with Crippen LogP contribution in [0.15, 0.2) is 18.2 Å². The molecule has 1 aliphatic heterocycles. The molecule has 1 saturated heterocycles. The van der Waals surface area contributed by atoms with Crippen LogP contribution < -0.4 is 5.32 Å². The van der Waals surface area contributed by atoms with Crippen molar-refractivity contribution in [2.45, 2.75) is 13.0 Å². The van der Waals surface area contributed by atoms with Gasteiger partial charge in [0.25, 0.3) is 0 Å². The summed E-state index contributed by atoms with van der Waals surface area (Å²) in [7, 11) is 1.31. The number of rotatable bonds is 4. The van der Waals surface area contributed by atoms with Crippen LogP contribution in [0, 0.1) is 0 Å². The summed E-state index contributed by atoms with van der Waals surface area (Å²) in [5.41, 5.74) is 1.34. The number of fused-ring (bicyclic) bond motifs is 1. The molecule has 8 heteroatoms. The van der Waals surface area contributed by atoms with Crippen LogP contribution in [0.1, 0.15) is 17.4 Å². The SMILES string of the molecule is COC(=O)c1[nH]c2ccc(Cl)cc2c1NC(=O)C(C)N1CCSCC1. The van der Waals surface area contributed by atoms with E-state index in [0.29, 0.717) is 21.6 Å². The molecule has 2 aromatic rings. The number of methoxy groups -OCH3 is 1. The quantitative estimate of drug-likeness (QED) is 0.796. The second kappa shape index (κ2) is 7.68. The maximum absolute atomic E-state index is 12.7. The van der Waals surface area contributed by atoms with Crippen molar-refractivity contribution >= 4 is 51.8 Å². The predicted molar refractivity (Wildman–Crippen MR) is 102 cm³/mol. The average molecular weight is 382 g/mol. The van der Waals surface area contributed by atoms with E-state index in [2.05, 4.69) is 15.2 Å². The normalized spacial score (nSPS) is 16.6. The molecular weight excluding hydrogens is 362 g/mol. The Morgan fingerprint density at radius 2 is 2.08 bits per heavy atom. The predicted octanol–water partition coefficient (Wildman–Crippen LogP) is 2.98. The summed E-state index contributed by atoms with van der Waals surface area (Å²) >= 11 is 7.97. The van der Waals surface area contributed by atoms with E-state index in [1.165, 1.54) is 7.11 Å². The third kappa shape index (κ3) is 3.78. The molecule has 1 unspecified atom stereocenters. The van der Waals surface area contributed by atoms with Gasteiger partial charge in [0.15, 0.2) is 0 Å². The molecule has 1 aliphatic rings. The number of halogens is 1. The first-order chi connectivity index (χ1) is 12.0. The molecule has 25 heavy (non-hydrogen) atoms. The van der Waals surface area contributed by atoms with Crippen LogP contribution in [0.3, 0.4) is 0 Å². The van der Waals surface area contributed by atoms with Crippen LogP contribution >= 0.6 is 23.4 Å². The van der Waals surface area contributed by atoms with Crippen molar-refractivity contribution < 1.29 is 14.3 Å². The van der Waals surface area contributed by atoms with Gasteiger partial charge < -0.3 is 15.0 Å². The van der Waals surface area contributed by atoms with Gasteiger partial charge in [-0.3, -0.25) is 9.69 Å². The Morgan fingerprint density at radius 1 is 1.36 bits per heavy atom. The fourth-order valence-corrected chi connectivity index (χ4v) is 4.01. The molecule has 0 aliphatic carbocycles. The van der Waals surface area contributed by atoms with Gasteiger partial charge in [-0.25, -0.2) is 4.79 Å². The van der Waals surface area contributed by atoms with Gasteiger partial charge in [0, 0.05) is 40.5 Å². The summed E-state index contributed by atoms with van der Waals surface area (Å²) < 4.78 is 4.83. The fraction of sp³-hybridized carbons (Fsp3) is 0.412. The number of aromatic nitrogens is 1. The lowest BCUT2D eigenvalue weighted by Gasteiger charge is -2.31. The van der Waals surface area contributed by atoms with Gasteiger partial charge in [-0.1, -0.05) is 11.6 Å². The van der Waals surface area contributed by atoms with E-state index in [1.807, 2.05) is 18.7 Å². The maximum Gasteiger partial charge on any atom is 0.356 e. The number of carbonyl (C=O) groups is 2. The highest BCUT2D eigenvalue weighted by molar-refractivity contribution is 7.99. The van der Waals surface area contributed by atoms with E-state index in [-0.39, 0.29) is 17.6 Å². The number of hydrogen-bond acceptors (Lipinski definition) is 5. The second-order valence-corrected chi connectivity index (χ2v) is 7.53. The fourth-order valence-electron chi connectivity index (χ4n) is 2.91. The number of carbonyl (C=O) groups excluding carboxylic acids is 2. The lowest BCUT2D eigenvalue weighted by atomic mass is 10.2. The topological polar surface area (TPSA) is 74.4 Å². The molecule has 2 heterocycles. The Balaban J connectivity index is 1.91. The van der Waals surface area contributed by atoms with Crippen molar-refractivity contribution in [2.75, 3.05) is 37.0 Å². The molecular formula is C17H20ClN3O3S. The number of amides is 1. The number of esters is 1. The van der Waals surface area contributed by atoms with Crippen molar-refractivity contribution in [3.8, 4) is 0 Å². The number of thioether (sulfide) groups is 1. The molecule has 3 rings (SSSR count). The third-order valence-corrected chi connectivity index (χ3v) is 5.55. The van der Waals surface area contributed by atoms with Crippen molar-refractivity contribution in [1.29, 1.82) is 0 Å². The highest BCUT2D eigenvalue weighted by Gasteiger charge is 2.26. The largest absolute Gasteiger partial charge is 0.464 e. The Morgan fingerprint density at radius 3 is 2.76 bits per heavy atom. The highest BCUT2D eigenvalue weighted by atomic mass is 35.5. The second-order valence-electron chi connectivity index (χ2n) is 5.87. The molecule has 1 amide bonds. The van der Waals surface area contributed by atoms with Crippen molar-refractivity contribution in [2.24, 2.45) is 0 Å². The molecule has 1 fully saturated rings. The van der Waals surface area contributed by atoms with E-state index < -0.39 is 5.97 Å². The highest BCUT2D eigenvalue weighted by Crippen LogP contribution is 2.31. The first-order valence-electron chi connectivity index (χ1n) is 8.03. The van der Waals surface area contributed by atoms with E-state index in [4.69, 9.17) is 16.3 Å². The minimum atomic E-state index is -0.537. The van der Waals surface area contributed by atoms with Gasteiger partial charge >= 0.3 is 5.97 Å². The van der Waals surface area contributed by atoms with E-state index in [9.17, 15) is 9.59 Å². The molecule has 1 atom stereocenters. The van der Waals surface area contributed by atoms with Gasteiger partial charge in [0.05, 0.1) is 18.8 Å². The summed E-state index contributed by atoms with van der Waals surface area (Å²) in [6, 6.07) is 4.93. The lowest BCUT2D eigenvalue weighted by molar-refractivity contribution is -0.120. The van der Waals surface area contributed by atoms with Gasteiger partial charge in [0.1, 0.15) is 5.69 Å². The number of anilines is 1. The molecule has 0 bridgehead atoms. The first-order valence-corrected chi connectivity index (χ1v) is 9.56. The van der Waals surface area contributed by atoms with Crippen LogP contribution in [-0.2, 0) is 9.53 Å². The Kier molecular flexibility index (Phi) is 5.56. The summed E-state index contributed by atoms with van der Waals surface area (Å²) in [5.74, 6) is 1.35. The van der Waals surface area contributed by atoms with Gasteiger partial charge in [-0.05, 0) is 25.1 Å². The van der Waals surface area contributed by atoms with Crippen LogP contribution in [0.25, 0.3) is 10.9 Å². The van der Waals surface area contributed by atoms with Gasteiger partial charge in [-0.15, -0.1) is 0 Å². The van der Waals surface area contributed by atoms with Crippen molar-refractivity contribution in [1.82, 2.24) is 9.88 Å². The first kappa shape index (κ1) is 18.1. The lowest BCUT2D eigenvalue weighted by Crippen LogP contribution is -2.46. The zero-order chi connectivity index (χ0) is 18.0. The number of hydrogen-bond donors (Lipinski definition) is 2. The minimum Gasteiger partial charge on any atom is -0.464 e. The average Bonchev–Trinajstić information content (AvgIpc) is 2.98. The van der Waals surface area contributed by atoms with Crippen molar-refractivity contribution in [3.05, 3.63) is 28.9 Å². The number of nitrogens with zero attached hydrogens (tertiary/aromatic N) is 1. The number of aromatic amines is 1. The molecule has 6 nitrogen and oxygen atoms in total. The standard InChI is InChI=1S/C17H20ClN3O3S/c1-10(21-5-7-25-8-6-21)16(22)20-14-12-9-11(18)3-4-13(12)19-15(14)17(23)24-2/h3-4,9-10,19H,5-8H2,1-2H3,(H,20,22). The smallest absolute Gasteiger partial charge is 0.356 e. The molecule has 1 aromatic carbocycles. The molecule has 0 saturated carbocycles. The Hall–Kier alpha value is -1.70. The Bertz CT molecular complexity index is 802. The monoisotopic (exact) mass is 381 g/mol. The summed E-state index contributed by atoms with van der Waals surface area (Å²) in [6.45, 7) is 3.64. The minimum absolute atomic E-state index is 0.155. The zero-order valence-electron chi connectivity index (χ0n) is 14.1. The number of nitrogens with one attached hydrogen (secondary N) is 2. The van der Waals surface area contributed by atoms with Crippen LogP contribution in [0.4, 0.5) is 5.69 Å². The van der Waals surface area contributed by atoms with Crippen LogP contribution in [0.5, 0.6) is 0 Å². The maximum atomic E-state index is 12.7. The molecule has 0 spiro atoms. The number of ether oxygens (including phenoxy) is 1. The van der Waals surface area contributed by atoms with E-state index in [1.54, 1.807) is 18.2 Å². The van der Waals surface area contributed by atoms with Gasteiger partial charge in [0.2, 0.25) is 5.91 Å². The van der Waals surface area contributed by atoms with Gasteiger partial charge in [-0.2, -0.15) is 11.8 Å². The molecule has 134 valence electrons. The van der Waals surface area contributed by atoms with E-state index >= 15 is 0 Å². The third-order valence-electron chi connectivity index (χ3n) is 4.37.